The van der Waals surface area contributed by atoms with E-state index >= 15 is 0 Å². The van der Waals surface area contributed by atoms with Crippen LogP contribution in [-0.4, -0.2) is 16.6 Å². The lowest BCUT2D eigenvalue weighted by molar-refractivity contribution is -0.120. The number of allylic oxidation sites excluding steroid dienone is 2. The van der Waals surface area contributed by atoms with Crippen molar-refractivity contribution in [3.63, 3.8) is 0 Å². The number of nitrogens with zero attached hydrogens (tertiary/aromatic N) is 2. The van der Waals surface area contributed by atoms with Gasteiger partial charge in [-0.05, 0) is 35.9 Å². The number of aliphatic imine (C=N–C) groups is 1. The summed E-state index contributed by atoms with van der Waals surface area (Å²) in [6.45, 7) is 0. The van der Waals surface area contributed by atoms with Crippen LogP contribution < -0.4 is 0 Å². The number of amides is 1. The summed E-state index contributed by atoms with van der Waals surface area (Å²) in [5.74, 6) is 0.135. The van der Waals surface area contributed by atoms with E-state index in [2.05, 4.69) is 4.99 Å². The number of hydrogen-bond donors (Lipinski definition) is 0. The molecule has 1 amide bonds. The van der Waals surface area contributed by atoms with Crippen molar-refractivity contribution in [3.05, 3.63) is 65.8 Å². The summed E-state index contributed by atoms with van der Waals surface area (Å²) in [7, 11) is 0. The van der Waals surface area contributed by atoms with Gasteiger partial charge in [0.1, 0.15) is 17.3 Å². The molecule has 0 radical (unpaired) electrons. The smallest absolute Gasteiger partial charge is 0.266 e. The van der Waals surface area contributed by atoms with E-state index in [4.69, 9.17) is 0 Å². The molecule has 2 heterocycles. The van der Waals surface area contributed by atoms with Crippen LogP contribution in [-0.2, 0) is 4.79 Å². The standard InChI is InChI=1S/C14H9FN2O/c15-11-6-4-10(5-7-11)9-12-14(18)17-8-2-1-3-13(17)16-12/h1-9H/b12-9-. The number of carbonyl (C=O) groups is 1. The Hall–Kier alpha value is -2.49. The summed E-state index contributed by atoms with van der Waals surface area (Å²) >= 11 is 0. The van der Waals surface area contributed by atoms with Crippen LogP contribution in [0.25, 0.3) is 6.08 Å². The van der Waals surface area contributed by atoms with Crippen LogP contribution in [0.1, 0.15) is 5.56 Å². The molecule has 0 bridgehead atoms. The highest BCUT2D eigenvalue weighted by Crippen LogP contribution is 2.21. The second-order valence-electron chi connectivity index (χ2n) is 3.93. The zero-order valence-corrected chi connectivity index (χ0v) is 9.38. The number of amidine groups is 1. The zero-order valence-electron chi connectivity index (χ0n) is 9.38. The molecule has 1 aromatic carbocycles. The fraction of sp³-hybridized carbons (Fsp3) is 0. The van der Waals surface area contributed by atoms with E-state index in [0.717, 1.165) is 5.56 Å². The quantitative estimate of drug-likeness (QED) is 0.694. The first kappa shape index (κ1) is 10.7. The molecule has 0 saturated heterocycles. The summed E-state index contributed by atoms with van der Waals surface area (Å²) < 4.78 is 12.8. The van der Waals surface area contributed by atoms with Gasteiger partial charge in [-0.25, -0.2) is 9.38 Å². The molecule has 1 aromatic rings. The van der Waals surface area contributed by atoms with Crippen molar-refractivity contribution < 1.29 is 9.18 Å². The van der Waals surface area contributed by atoms with Crippen LogP contribution in [0.15, 0.2) is 59.4 Å². The maximum absolute atomic E-state index is 12.8. The highest BCUT2D eigenvalue weighted by atomic mass is 19.1. The number of hydrogen-bond acceptors (Lipinski definition) is 2. The van der Waals surface area contributed by atoms with Crippen LogP contribution in [0.2, 0.25) is 0 Å². The van der Waals surface area contributed by atoms with Gasteiger partial charge in [0.15, 0.2) is 0 Å². The van der Waals surface area contributed by atoms with Gasteiger partial charge in [-0.3, -0.25) is 9.69 Å². The summed E-state index contributed by atoms with van der Waals surface area (Å²) in [6, 6.07) is 5.93. The molecular formula is C14H9FN2O. The molecule has 0 spiro atoms. The largest absolute Gasteiger partial charge is 0.282 e. The average Bonchev–Trinajstić information content (AvgIpc) is 2.70. The fourth-order valence-electron chi connectivity index (χ4n) is 1.80. The Labute approximate surface area is 103 Å². The van der Waals surface area contributed by atoms with Crippen molar-refractivity contribution in [1.82, 2.24) is 4.90 Å². The molecule has 0 unspecified atom stereocenters. The zero-order chi connectivity index (χ0) is 12.5. The van der Waals surface area contributed by atoms with Gasteiger partial charge in [0.2, 0.25) is 0 Å². The number of fused-ring (bicyclic) bond motifs is 1. The molecule has 0 aliphatic carbocycles. The summed E-state index contributed by atoms with van der Waals surface area (Å²) in [6.07, 6.45) is 8.69. The van der Waals surface area contributed by atoms with Crippen molar-refractivity contribution in [2.45, 2.75) is 0 Å². The van der Waals surface area contributed by atoms with Crippen molar-refractivity contribution in [1.29, 1.82) is 0 Å². The van der Waals surface area contributed by atoms with E-state index in [-0.39, 0.29) is 11.7 Å². The molecule has 0 atom stereocenters. The van der Waals surface area contributed by atoms with Gasteiger partial charge in [0.05, 0.1) is 0 Å². The van der Waals surface area contributed by atoms with Crippen molar-refractivity contribution in [3.8, 4) is 0 Å². The Balaban J connectivity index is 1.96. The highest BCUT2D eigenvalue weighted by Gasteiger charge is 2.27. The molecule has 2 aliphatic rings. The van der Waals surface area contributed by atoms with E-state index in [9.17, 15) is 9.18 Å². The van der Waals surface area contributed by atoms with Gasteiger partial charge >= 0.3 is 0 Å². The molecule has 0 fully saturated rings. The fourth-order valence-corrected chi connectivity index (χ4v) is 1.80. The molecule has 2 aliphatic heterocycles. The first-order chi connectivity index (χ1) is 8.74. The maximum Gasteiger partial charge on any atom is 0.282 e. The molecule has 3 nitrogen and oxygen atoms in total. The second kappa shape index (κ2) is 4.07. The lowest BCUT2D eigenvalue weighted by Gasteiger charge is -2.11. The minimum absolute atomic E-state index is 0.171. The van der Waals surface area contributed by atoms with Crippen molar-refractivity contribution in [2.24, 2.45) is 4.99 Å². The topological polar surface area (TPSA) is 32.7 Å². The van der Waals surface area contributed by atoms with Crippen LogP contribution in [0.3, 0.4) is 0 Å². The normalized spacial score (nSPS) is 19.4. The molecule has 0 aromatic heterocycles. The first-order valence-corrected chi connectivity index (χ1v) is 5.48. The molecule has 0 saturated carbocycles. The number of rotatable bonds is 1. The monoisotopic (exact) mass is 240 g/mol. The van der Waals surface area contributed by atoms with Crippen molar-refractivity contribution in [2.75, 3.05) is 0 Å². The average molecular weight is 240 g/mol. The number of halogens is 1. The molecule has 4 heteroatoms. The molecule has 3 rings (SSSR count). The van der Waals surface area contributed by atoms with Gasteiger partial charge in [-0.1, -0.05) is 18.2 Å². The third-order valence-electron chi connectivity index (χ3n) is 2.68. The van der Waals surface area contributed by atoms with Crippen LogP contribution >= 0.6 is 0 Å². The molecular weight excluding hydrogens is 231 g/mol. The van der Waals surface area contributed by atoms with E-state index in [1.54, 1.807) is 36.6 Å². The number of benzene rings is 1. The highest BCUT2D eigenvalue weighted by molar-refractivity contribution is 6.18. The third kappa shape index (κ3) is 1.78. The van der Waals surface area contributed by atoms with Gasteiger partial charge in [-0.15, -0.1) is 0 Å². The Morgan fingerprint density at radius 1 is 1.17 bits per heavy atom. The lowest BCUT2D eigenvalue weighted by Crippen LogP contribution is -2.26. The van der Waals surface area contributed by atoms with Crippen molar-refractivity contribution >= 4 is 17.8 Å². The summed E-state index contributed by atoms with van der Waals surface area (Å²) in [4.78, 5) is 17.7. The lowest BCUT2D eigenvalue weighted by atomic mass is 10.2. The predicted octanol–water partition coefficient (Wildman–Crippen LogP) is 2.49. The minimum atomic E-state index is -0.301. The predicted molar refractivity (Wildman–Crippen MR) is 66.9 cm³/mol. The molecule has 18 heavy (non-hydrogen) atoms. The van der Waals surface area contributed by atoms with E-state index in [1.807, 2.05) is 6.08 Å². The van der Waals surface area contributed by atoms with E-state index < -0.39 is 0 Å². The van der Waals surface area contributed by atoms with E-state index in [0.29, 0.717) is 11.5 Å². The van der Waals surface area contributed by atoms with Gasteiger partial charge in [0, 0.05) is 6.20 Å². The Kier molecular flexibility index (Phi) is 2.41. The van der Waals surface area contributed by atoms with Gasteiger partial charge in [0.25, 0.3) is 5.91 Å². The second-order valence-corrected chi connectivity index (χ2v) is 3.93. The Bertz CT molecular complexity index is 624. The maximum atomic E-state index is 12.8. The van der Waals surface area contributed by atoms with Gasteiger partial charge < -0.3 is 0 Å². The summed E-state index contributed by atoms with van der Waals surface area (Å²) in [5, 5.41) is 0. The van der Waals surface area contributed by atoms with Crippen LogP contribution in [0, 0.1) is 5.82 Å². The summed E-state index contributed by atoms with van der Waals surface area (Å²) in [5.41, 5.74) is 1.10. The minimum Gasteiger partial charge on any atom is -0.266 e. The van der Waals surface area contributed by atoms with Gasteiger partial charge in [-0.2, -0.15) is 0 Å². The molecule has 0 N–H and O–H groups in total. The van der Waals surface area contributed by atoms with Crippen LogP contribution in [0.5, 0.6) is 0 Å². The number of carbonyl (C=O) groups excluding carboxylic acids is 1. The Morgan fingerprint density at radius 3 is 2.67 bits per heavy atom. The van der Waals surface area contributed by atoms with Crippen LogP contribution in [0.4, 0.5) is 4.39 Å². The molecule has 88 valence electrons. The SMILES string of the molecule is O=C1/C(=C/c2ccc(F)cc2)N=C2C=CC=CN12. The Morgan fingerprint density at radius 2 is 1.94 bits per heavy atom. The van der Waals surface area contributed by atoms with E-state index in [1.165, 1.54) is 17.0 Å². The first-order valence-electron chi connectivity index (χ1n) is 5.48. The third-order valence-corrected chi connectivity index (χ3v) is 2.68.